The third kappa shape index (κ3) is 60.9. The number of carbonyl (C=O) groups is 4. The molecule has 0 fully saturated rings. The number of hydrogen-bond donors (Lipinski definition) is 3. The van der Waals surface area contributed by atoms with Crippen molar-refractivity contribution in [2.45, 2.75) is 361 Å². The van der Waals surface area contributed by atoms with Crippen molar-refractivity contribution in [3.05, 3.63) is 0 Å². The minimum Gasteiger partial charge on any atom is -0.462 e. The van der Waals surface area contributed by atoms with E-state index in [1.54, 1.807) is 0 Å². The molecule has 0 aromatic heterocycles. The van der Waals surface area contributed by atoms with Gasteiger partial charge in [-0.2, -0.15) is 0 Å². The molecule has 19 heteroatoms. The summed E-state index contributed by atoms with van der Waals surface area (Å²) in [4.78, 5) is 72.3. The van der Waals surface area contributed by atoms with Crippen molar-refractivity contribution in [1.29, 1.82) is 0 Å². The minimum absolute atomic E-state index is 0.107. The first kappa shape index (κ1) is 84.1. The Hall–Kier alpha value is -1.94. The maximum atomic E-state index is 13.0. The van der Waals surface area contributed by atoms with Crippen molar-refractivity contribution < 1.29 is 80.2 Å². The van der Waals surface area contributed by atoms with Gasteiger partial charge in [0.05, 0.1) is 26.4 Å². The van der Waals surface area contributed by atoms with Gasteiger partial charge in [0.25, 0.3) is 0 Å². The van der Waals surface area contributed by atoms with E-state index >= 15 is 0 Å². The van der Waals surface area contributed by atoms with Crippen molar-refractivity contribution in [1.82, 2.24) is 0 Å². The highest BCUT2D eigenvalue weighted by Gasteiger charge is 2.30. The highest BCUT2D eigenvalue weighted by molar-refractivity contribution is 7.47. The first-order valence-corrected chi connectivity index (χ1v) is 38.1. The van der Waals surface area contributed by atoms with Crippen LogP contribution in [0, 0.1) is 5.92 Å². The summed E-state index contributed by atoms with van der Waals surface area (Å²) in [5.74, 6) is -1.36. The quantitative estimate of drug-likeness (QED) is 0.0222. The summed E-state index contributed by atoms with van der Waals surface area (Å²) in [6.07, 6.45) is 45.7. The molecule has 0 bridgehead atoms. The number of carbonyl (C=O) groups excluding carboxylic acids is 4. The molecular formula is C67H130O17P2. The predicted molar refractivity (Wildman–Crippen MR) is 345 cm³/mol. The molecule has 0 spiro atoms. The molecule has 510 valence electrons. The van der Waals surface area contributed by atoms with E-state index in [9.17, 15) is 43.2 Å². The van der Waals surface area contributed by atoms with Gasteiger partial charge in [-0.05, 0) is 31.6 Å². The van der Waals surface area contributed by atoms with E-state index < -0.39 is 97.5 Å². The topological polar surface area (TPSA) is 237 Å². The van der Waals surface area contributed by atoms with Crippen molar-refractivity contribution in [3.8, 4) is 0 Å². The lowest BCUT2D eigenvalue weighted by molar-refractivity contribution is -0.161. The predicted octanol–water partition coefficient (Wildman–Crippen LogP) is 19.0. The number of unbranched alkanes of at least 4 members (excludes halogenated alkanes) is 39. The van der Waals surface area contributed by atoms with Gasteiger partial charge >= 0.3 is 39.5 Å². The molecule has 0 amide bonds. The molecule has 0 aromatic rings. The number of phosphoric acid groups is 2. The van der Waals surface area contributed by atoms with Crippen molar-refractivity contribution in [3.63, 3.8) is 0 Å². The summed E-state index contributed by atoms with van der Waals surface area (Å²) < 4.78 is 68.1. The van der Waals surface area contributed by atoms with E-state index in [0.717, 1.165) is 102 Å². The second-order valence-corrected chi connectivity index (χ2v) is 27.6. The molecule has 5 atom stereocenters. The second kappa shape index (κ2) is 60.6. The van der Waals surface area contributed by atoms with E-state index in [-0.39, 0.29) is 25.7 Å². The largest absolute Gasteiger partial charge is 0.472 e. The Bertz CT molecular complexity index is 1670. The zero-order chi connectivity index (χ0) is 63.5. The van der Waals surface area contributed by atoms with Gasteiger partial charge in [-0.1, -0.05) is 291 Å². The molecule has 17 nitrogen and oxygen atoms in total. The van der Waals surface area contributed by atoms with Gasteiger partial charge in [-0.15, -0.1) is 0 Å². The lowest BCUT2D eigenvalue weighted by atomic mass is 10.0. The number of esters is 4. The standard InChI is InChI=1S/C67H130O17P2/c1-6-9-12-15-18-21-23-27-31-36-41-46-51-65(70)78-57-63(84-67(72)53-48-43-38-33-29-25-26-30-34-39-44-49-60(4)5)59-82-86(75,76)80-55-61(68)54-79-85(73,74)81-58-62(56-77-64(69)50-45-40-35-20-17-14-11-8-3)83-66(71)52-47-42-37-32-28-24-22-19-16-13-10-7-2/h60-63,68H,6-59H2,1-5H3,(H,73,74)(H,75,76)/t61-,62+,63+/m0/s1. The second-order valence-electron chi connectivity index (χ2n) is 24.7. The van der Waals surface area contributed by atoms with Crippen LogP contribution < -0.4 is 0 Å². The SMILES string of the molecule is CCCCCCCCCCCCCCC(=O)OC[C@H](COP(=O)(O)OC[C@@H](O)COP(=O)(O)OC[C@@H](COC(=O)CCCCCCCCCC)OC(=O)CCCCCCCCCCCCCC)OC(=O)CCCCCCCCCCCCCC(C)C. The fourth-order valence-corrected chi connectivity index (χ4v) is 11.7. The Morgan fingerprint density at radius 1 is 0.314 bits per heavy atom. The molecule has 0 saturated heterocycles. The Morgan fingerprint density at radius 3 is 0.791 bits per heavy atom. The van der Waals surface area contributed by atoms with Crippen molar-refractivity contribution >= 4 is 39.5 Å². The smallest absolute Gasteiger partial charge is 0.462 e. The van der Waals surface area contributed by atoms with Crippen LogP contribution in [0.2, 0.25) is 0 Å². The third-order valence-electron chi connectivity index (χ3n) is 15.5. The molecule has 0 saturated carbocycles. The Kier molecular flexibility index (Phi) is 59.2. The number of aliphatic hydroxyl groups is 1. The van der Waals surface area contributed by atoms with E-state index in [4.69, 9.17) is 37.0 Å². The average molecular weight is 1270 g/mol. The van der Waals surface area contributed by atoms with Crippen LogP contribution in [-0.2, 0) is 65.4 Å². The molecule has 0 radical (unpaired) electrons. The lowest BCUT2D eigenvalue weighted by Crippen LogP contribution is -2.30. The summed E-state index contributed by atoms with van der Waals surface area (Å²) in [6.45, 7) is 7.20. The van der Waals surface area contributed by atoms with Gasteiger partial charge in [0.15, 0.2) is 12.2 Å². The van der Waals surface area contributed by atoms with Crippen molar-refractivity contribution in [2.75, 3.05) is 39.6 Å². The van der Waals surface area contributed by atoms with Crippen LogP contribution in [0.3, 0.4) is 0 Å². The van der Waals surface area contributed by atoms with E-state index in [0.29, 0.717) is 25.7 Å². The van der Waals surface area contributed by atoms with E-state index in [2.05, 4.69) is 34.6 Å². The molecule has 2 unspecified atom stereocenters. The highest BCUT2D eigenvalue weighted by atomic mass is 31.2. The van der Waals surface area contributed by atoms with Crippen LogP contribution in [0.1, 0.15) is 343 Å². The van der Waals surface area contributed by atoms with Gasteiger partial charge in [0, 0.05) is 25.7 Å². The molecule has 0 heterocycles. The normalized spacial score (nSPS) is 14.2. The fraction of sp³-hybridized carbons (Fsp3) is 0.940. The van der Waals surface area contributed by atoms with E-state index in [1.807, 2.05) is 0 Å². The zero-order valence-corrected chi connectivity index (χ0v) is 57.2. The van der Waals surface area contributed by atoms with Gasteiger partial charge < -0.3 is 33.8 Å². The molecule has 0 aliphatic rings. The number of rotatable bonds is 67. The lowest BCUT2D eigenvalue weighted by Gasteiger charge is -2.21. The third-order valence-corrected chi connectivity index (χ3v) is 17.4. The summed E-state index contributed by atoms with van der Waals surface area (Å²) in [7, 11) is -9.89. The van der Waals surface area contributed by atoms with Crippen LogP contribution in [0.4, 0.5) is 0 Å². The number of ether oxygens (including phenoxy) is 4. The fourth-order valence-electron chi connectivity index (χ4n) is 10.1. The Morgan fingerprint density at radius 2 is 0.535 bits per heavy atom. The van der Waals surface area contributed by atoms with Gasteiger partial charge in [0.2, 0.25) is 0 Å². The van der Waals surface area contributed by atoms with Crippen LogP contribution in [0.25, 0.3) is 0 Å². The number of aliphatic hydroxyl groups excluding tert-OH is 1. The average Bonchev–Trinajstić information content (AvgIpc) is 3.61. The van der Waals surface area contributed by atoms with Crippen LogP contribution in [0.5, 0.6) is 0 Å². The minimum atomic E-state index is -4.95. The molecule has 0 aromatic carbocycles. The zero-order valence-electron chi connectivity index (χ0n) is 55.4. The molecule has 0 rings (SSSR count). The van der Waals surface area contributed by atoms with Crippen LogP contribution in [0.15, 0.2) is 0 Å². The Labute approximate surface area is 524 Å². The highest BCUT2D eigenvalue weighted by Crippen LogP contribution is 2.45. The monoisotopic (exact) mass is 1270 g/mol. The Balaban J connectivity index is 5.23. The number of phosphoric ester groups is 2. The molecule has 86 heavy (non-hydrogen) atoms. The van der Waals surface area contributed by atoms with Gasteiger partial charge in [0.1, 0.15) is 19.3 Å². The first-order valence-electron chi connectivity index (χ1n) is 35.1. The van der Waals surface area contributed by atoms with Gasteiger partial charge in [-0.3, -0.25) is 37.3 Å². The summed E-state index contributed by atoms with van der Waals surface area (Å²) in [6, 6.07) is 0. The summed E-state index contributed by atoms with van der Waals surface area (Å²) in [5.41, 5.74) is 0. The summed E-state index contributed by atoms with van der Waals surface area (Å²) in [5, 5.41) is 10.6. The molecule has 3 N–H and O–H groups in total. The molecule has 0 aliphatic heterocycles. The maximum Gasteiger partial charge on any atom is 0.472 e. The van der Waals surface area contributed by atoms with Gasteiger partial charge in [-0.25, -0.2) is 9.13 Å². The van der Waals surface area contributed by atoms with Crippen molar-refractivity contribution in [2.24, 2.45) is 5.92 Å². The van der Waals surface area contributed by atoms with Crippen LogP contribution >= 0.6 is 15.6 Å². The first-order chi connectivity index (χ1) is 41.5. The van der Waals surface area contributed by atoms with E-state index in [1.165, 1.54) is 161 Å². The molecule has 0 aliphatic carbocycles. The number of hydrogen-bond acceptors (Lipinski definition) is 15. The van der Waals surface area contributed by atoms with Crippen LogP contribution in [-0.4, -0.2) is 96.7 Å². The summed E-state index contributed by atoms with van der Waals surface area (Å²) >= 11 is 0. The molecular weight excluding hydrogens is 1140 g/mol. The maximum absolute atomic E-state index is 13.0.